The Morgan fingerprint density at radius 2 is 1.81 bits per heavy atom. The number of ether oxygens (including phenoxy) is 2. The van der Waals surface area contributed by atoms with Crippen molar-refractivity contribution < 1.29 is 36.2 Å². The lowest BCUT2D eigenvalue weighted by atomic mass is 10.1. The van der Waals surface area contributed by atoms with Gasteiger partial charge in [0.25, 0.3) is 5.91 Å². The zero-order chi connectivity index (χ0) is 20.2. The molecule has 0 radical (unpaired) electrons. The normalized spacial score (nSPS) is 11.4. The quantitative estimate of drug-likeness (QED) is 0.679. The summed E-state index contributed by atoms with van der Waals surface area (Å²) in [5.41, 5.74) is -0.798. The average molecular weight is 389 g/mol. The van der Waals surface area contributed by atoms with Crippen molar-refractivity contribution in [3.05, 3.63) is 59.2 Å². The third-order valence-electron chi connectivity index (χ3n) is 3.66. The first-order valence-electron chi connectivity index (χ1n) is 7.67. The van der Waals surface area contributed by atoms with Crippen LogP contribution in [0.5, 0.6) is 11.5 Å². The summed E-state index contributed by atoms with van der Waals surface area (Å²) < 4.78 is 73.1. The lowest BCUT2D eigenvalue weighted by Crippen LogP contribution is -2.27. The molecule has 0 fully saturated rings. The van der Waals surface area contributed by atoms with Crippen LogP contribution in [0.3, 0.4) is 0 Å². The molecule has 0 atom stereocenters. The van der Waals surface area contributed by atoms with Gasteiger partial charge in [-0.1, -0.05) is 18.2 Å². The molecule has 0 aliphatic heterocycles. The van der Waals surface area contributed by atoms with E-state index in [1.54, 1.807) is 0 Å². The zero-order valence-electron chi connectivity index (χ0n) is 14.4. The minimum atomic E-state index is -4.51. The van der Waals surface area contributed by atoms with Gasteiger partial charge in [-0.3, -0.25) is 4.79 Å². The second kappa shape index (κ2) is 8.24. The summed E-state index contributed by atoms with van der Waals surface area (Å²) in [5.74, 6) is -1.20. The van der Waals surface area contributed by atoms with Crippen molar-refractivity contribution in [2.24, 2.45) is 0 Å². The van der Waals surface area contributed by atoms with E-state index >= 15 is 0 Å². The summed E-state index contributed by atoms with van der Waals surface area (Å²) in [6.07, 6.45) is -4.51. The van der Waals surface area contributed by atoms with Gasteiger partial charge in [0.1, 0.15) is 0 Å². The number of halogens is 5. The van der Waals surface area contributed by atoms with Gasteiger partial charge in [-0.2, -0.15) is 22.0 Å². The zero-order valence-corrected chi connectivity index (χ0v) is 14.4. The van der Waals surface area contributed by atoms with Crippen LogP contribution in [0.1, 0.15) is 21.5 Å². The van der Waals surface area contributed by atoms with Crippen molar-refractivity contribution in [3.63, 3.8) is 0 Å². The Labute approximate surface area is 152 Å². The van der Waals surface area contributed by atoms with Crippen molar-refractivity contribution >= 4 is 5.91 Å². The van der Waals surface area contributed by atoms with Crippen LogP contribution in [0.25, 0.3) is 0 Å². The topological polar surface area (TPSA) is 38.8 Å². The molecule has 1 amide bonds. The number of hydrogen-bond donors (Lipinski definition) is 0. The standard InChI is InChI=1S/C18H16F5NO3/c1-24(10-11-5-3-6-12(9-11)18(21,22)23)16(25)13-7-4-8-14(26-2)15(13)27-17(19)20/h3-9,17H,10H2,1-2H3. The smallest absolute Gasteiger partial charge is 0.416 e. The minimum Gasteiger partial charge on any atom is -0.493 e. The van der Waals surface area contributed by atoms with Crippen molar-refractivity contribution in [2.45, 2.75) is 19.3 Å². The van der Waals surface area contributed by atoms with Crippen LogP contribution in [-0.4, -0.2) is 31.6 Å². The van der Waals surface area contributed by atoms with Gasteiger partial charge in [-0.15, -0.1) is 0 Å². The Balaban J connectivity index is 2.28. The molecule has 146 valence electrons. The Bertz CT molecular complexity index is 808. The van der Waals surface area contributed by atoms with E-state index in [0.29, 0.717) is 0 Å². The fourth-order valence-electron chi connectivity index (χ4n) is 2.45. The third-order valence-corrected chi connectivity index (χ3v) is 3.66. The van der Waals surface area contributed by atoms with E-state index in [4.69, 9.17) is 4.74 Å². The molecule has 0 aliphatic carbocycles. The van der Waals surface area contributed by atoms with Gasteiger partial charge in [-0.25, -0.2) is 0 Å². The number of amides is 1. The molecule has 0 saturated carbocycles. The van der Waals surface area contributed by atoms with Crippen molar-refractivity contribution in [3.8, 4) is 11.5 Å². The fourth-order valence-corrected chi connectivity index (χ4v) is 2.45. The lowest BCUT2D eigenvalue weighted by Gasteiger charge is -2.20. The number of nitrogens with zero attached hydrogens (tertiary/aromatic N) is 1. The molecule has 2 aromatic rings. The highest BCUT2D eigenvalue weighted by atomic mass is 19.4. The second-order valence-corrected chi connectivity index (χ2v) is 5.57. The Morgan fingerprint density at radius 1 is 1.15 bits per heavy atom. The van der Waals surface area contributed by atoms with Gasteiger partial charge in [0.15, 0.2) is 11.5 Å². The molecule has 9 heteroatoms. The number of carbonyl (C=O) groups excluding carboxylic acids is 1. The molecule has 0 aliphatic rings. The number of rotatable bonds is 6. The SMILES string of the molecule is COc1cccc(C(=O)N(C)Cc2cccc(C(F)(F)F)c2)c1OC(F)F. The highest BCUT2D eigenvalue weighted by molar-refractivity contribution is 5.97. The van der Waals surface area contributed by atoms with E-state index in [1.165, 1.54) is 44.5 Å². The molecule has 27 heavy (non-hydrogen) atoms. The van der Waals surface area contributed by atoms with Crippen molar-refractivity contribution in [1.29, 1.82) is 0 Å². The molecule has 0 heterocycles. The number of para-hydroxylation sites is 1. The summed E-state index contributed by atoms with van der Waals surface area (Å²) in [6.45, 7) is -3.34. The van der Waals surface area contributed by atoms with Gasteiger partial charge >= 0.3 is 12.8 Å². The van der Waals surface area contributed by atoms with E-state index in [2.05, 4.69) is 4.74 Å². The van der Waals surface area contributed by atoms with Crippen LogP contribution in [-0.2, 0) is 12.7 Å². The van der Waals surface area contributed by atoms with Crippen LogP contribution in [0.4, 0.5) is 22.0 Å². The van der Waals surface area contributed by atoms with Gasteiger partial charge in [0, 0.05) is 13.6 Å². The van der Waals surface area contributed by atoms with E-state index in [1.807, 2.05) is 0 Å². The largest absolute Gasteiger partial charge is 0.493 e. The highest BCUT2D eigenvalue weighted by Crippen LogP contribution is 2.34. The third kappa shape index (κ3) is 5.08. The Morgan fingerprint density at radius 3 is 2.41 bits per heavy atom. The van der Waals surface area contributed by atoms with Crippen LogP contribution in [0, 0.1) is 0 Å². The molecule has 0 saturated heterocycles. The maximum atomic E-state index is 12.8. The first kappa shape index (κ1) is 20.5. The molecule has 0 N–H and O–H groups in total. The number of hydrogen-bond acceptors (Lipinski definition) is 3. The van der Waals surface area contributed by atoms with E-state index < -0.39 is 30.0 Å². The Kier molecular flexibility index (Phi) is 6.24. The highest BCUT2D eigenvalue weighted by Gasteiger charge is 2.30. The fraction of sp³-hybridized carbons (Fsp3) is 0.278. The summed E-state index contributed by atoms with van der Waals surface area (Å²) >= 11 is 0. The molecule has 0 aromatic heterocycles. The molecule has 0 bridgehead atoms. The maximum absolute atomic E-state index is 12.8. The van der Waals surface area contributed by atoms with Gasteiger partial charge in [0.2, 0.25) is 0 Å². The van der Waals surface area contributed by atoms with Gasteiger partial charge < -0.3 is 14.4 Å². The van der Waals surface area contributed by atoms with E-state index in [0.717, 1.165) is 17.0 Å². The number of methoxy groups -OCH3 is 1. The summed E-state index contributed by atoms with van der Waals surface area (Å²) in [6, 6.07) is 8.54. The summed E-state index contributed by atoms with van der Waals surface area (Å²) in [4.78, 5) is 13.7. The first-order chi connectivity index (χ1) is 12.6. The van der Waals surface area contributed by atoms with Gasteiger partial charge in [0.05, 0.1) is 18.2 Å². The second-order valence-electron chi connectivity index (χ2n) is 5.57. The summed E-state index contributed by atoms with van der Waals surface area (Å²) in [5, 5.41) is 0. The minimum absolute atomic E-state index is 0.0615. The van der Waals surface area contributed by atoms with Crippen LogP contribution < -0.4 is 9.47 Å². The lowest BCUT2D eigenvalue weighted by molar-refractivity contribution is -0.137. The molecule has 0 unspecified atom stereocenters. The van der Waals surface area contributed by atoms with Crippen LogP contribution in [0.15, 0.2) is 42.5 Å². The number of carbonyl (C=O) groups is 1. The van der Waals surface area contributed by atoms with Crippen LogP contribution in [0.2, 0.25) is 0 Å². The van der Waals surface area contributed by atoms with Gasteiger partial charge in [-0.05, 0) is 29.8 Å². The van der Waals surface area contributed by atoms with E-state index in [9.17, 15) is 26.7 Å². The van der Waals surface area contributed by atoms with E-state index in [-0.39, 0.29) is 23.4 Å². The predicted molar refractivity (Wildman–Crippen MR) is 86.9 cm³/mol. The molecular weight excluding hydrogens is 373 g/mol. The molecule has 2 rings (SSSR count). The maximum Gasteiger partial charge on any atom is 0.416 e. The molecule has 4 nitrogen and oxygen atoms in total. The van der Waals surface area contributed by atoms with Crippen LogP contribution >= 0.6 is 0 Å². The monoisotopic (exact) mass is 389 g/mol. The Hall–Kier alpha value is -2.84. The molecule has 2 aromatic carbocycles. The molecular formula is C18H16F5NO3. The number of alkyl halides is 5. The predicted octanol–water partition coefficient (Wildman–Crippen LogP) is 4.59. The summed E-state index contributed by atoms with van der Waals surface area (Å²) in [7, 11) is 2.57. The average Bonchev–Trinajstić information content (AvgIpc) is 2.60. The van der Waals surface area contributed by atoms with Crippen molar-refractivity contribution in [2.75, 3.05) is 14.2 Å². The molecule has 0 spiro atoms. The number of benzene rings is 2. The van der Waals surface area contributed by atoms with Crippen molar-refractivity contribution in [1.82, 2.24) is 4.90 Å². The first-order valence-corrected chi connectivity index (χ1v) is 7.67.